The van der Waals surface area contributed by atoms with E-state index in [1.165, 1.54) is 12.4 Å². The van der Waals surface area contributed by atoms with Gasteiger partial charge in [0.15, 0.2) is 9.84 Å². The molecule has 0 unspecified atom stereocenters. The fourth-order valence-electron chi connectivity index (χ4n) is 6.02. The zero-order chi connectivity index (χ0) is 35.8. The number of carbonyl (C=O) groups excluding carboxylic acids is 1. The van der Waals surface area contributed by atoms with Crippen LogP contribution in [0.4, 0.5) is 39.5 Å². The molecule has 49 heavy (non-hydrogen) atoms. The molecule has 0 atom stereocenters. The van der Waals surface area contributed by atoms with E-state index in [0.29, 0.717) is 24.3 Å². The lowest BCUT2D eigenvalue weighted by Gasteiger charge is -2.41. The number of aromatic nitrogens is 2. The molecule has 5 rings (SSSR count). The first-order valence-corrected chi connectivity index (χ1v) is 16.0. The van der Waals surface area contributed by atoms with Crippen molar-refractivity contribution in [2.45, 2.75) is 65.9 Å². The molecule has 262 valence electrons. The molecule has 4 aromatic rings. The number of H-pyrrole nitrogens is 1. The van der Waals surface area contributed by atoms with Gasteiger partial charge in [0.1, 0.15) is 22.2 Å². The van der Waals surface area contributed by atoms with Crippen LogP contribution in [0.15, 0.2) is 84.0 Å². The minimum Gasteiger partial charge on any atom is -0.349 e. The summed E-state index contributed by atoms with van der Waals surface area (Å²) in [7, 11) is -4.50. The van der Waals surface area contributed by atoms with Gasteiger partial charge in [0.25, 0.3) is 11.5 Å². The topological polar surface area (TPSA) is 101 Å². The molecule has 1 heterocycles. The average Bonchev–Trinajstić information content (AvgIpc) is 3.58. The van der Waals surface area contributed by atoms with E-state index in [1.807, 2.05) is 0 Å². The molecule has 2 N–H and O–H groups in total. The van der Waals surface area contributed by atoms with E-state index in [0.717, 1.165) is 42.5 Å². The van der Waals surface area contributed by atoms with E-state index in [2.05, 4.69) is 20.3 Å². The van der Waals surface area contributed by atoms with E-state index in [4.69, 9.17) is 0 Å². The van der Waals surface area contributed by atoms with Crippen LogP contribution in [0.5, 0.6) is 0 Å². The molecule has 1 amide bonds. The van der Waals surface area contributed by atoms with E-state index < -0.39 is 79.7 Å². The Hall–Kier alpha value is -4.38. The van der Waals surface area contributed by atoms with Gasteiger partial charge in [-0.15, -0.1) is 0 Å². The first-order chi connectivity index (χ1) is 22.9. The van der Waals surface area contributed by atoms with E-state index in [-0.39, 0.29) is 41.7 Å². The van der Waals surface area contributed by atoms with Crippen LogP contribution in [0.3, 0.4) is 0 Å². The summed E-state index contributed by atoms with van der Waals surface area (Å²) < 4.78 is 160. The Morgan fingerprint density at radius 2 is 1.45 bits per heavy atom. The van der Waals surface area contributed by atoms with Crippen molar-refractivity contribution in [2.75, 3.05) is 0 Å². The maximum Gasteiger partial charge on any atom is 0.430 e. The van der Waals surface area contributed by atoms with Gasteiger partial charge in [0.05, 0.1) is 23.3 Å². The molecule has 0 saturated heterocycles. The van der Waals surface area contributed by atoms with Crippen molar-refractivity contribution < 1.29 is 57.5 Å². The third-order valence-corrected chi connectivity index (χ3v) is 11.2. The number of hydrogen-bond acceptors (Lipinski definition) is 5. The number of aromatic amines is 1. The van der Waals surface area contributed by atoms with Crippen molar-refractivity contribution in [2.24, 2.45) is 0 Å². The summed E-state index contributed by atoms with van der Waals surface area (Å²) >= 11 is 0. The van der Waals surface area contributed by atoms with Gasteiger partial charge in [0.2, 0.25) is 0 Å². The molecule has 7 nitrogen and oxygen atoms in total. The predicted molar refractivity (Wildman–Crippen MR) is 155 cm³/mol. The lowest BCUT2D eigenvalue weighted by atomic mass is 9.79. The number of nitrogens with one attached hydrogen (secondary N) is 2. The zero-order valence-electron chi connectivity index (χ0n) is 25.0. The second kappa shape index (κ2) is 13.2. The summed E-state index contributed by atoms with van der Waals surface area (Å²) in [5.41, 5.74) is -7.75. The summed E-state index contributed by atoms with van der Waals surface area (Å²) in [6.07, 6.45) is -10.3. The number of carbonyl (C=O) groups is 1. The van der Waals surface area contributed by atoms with Crippen LogP contribution >= 0.6 is 0 Å². The smallest absolute Gasteiger partial charge is 0.349 e. The molecule has 17 heteroatoms. The Morgan fingerprint density at radius 1 is 0.878 bits per heavy atom. The molecule has 0 aliphatic heterocycles. The normalized spacial score (nSPS) is 19.1. The minimum atomic E-state index is -6.21. The molecule has 3 aromatic carbocycles. The quantitative estimate of drug-likeness (QED) is 0.139. The van der Waals surface area contributed by atoms with Crippen molar-refractivity contribution in [3.63, 3.8) is 0 Å². The summed E-state index contributed by atoms with van der Waals surface area (Å²) in [5.74, 6) is -4.13. The van der Waals surface area contributed by atoms with Crippen LogP contribution in [0.2, 0.25) is 0 Å². The summed E-state index contributed by atoms with van der Waals surface area (Å²) in [5, 5.41) is 8.91. The van der Waals surface area contributed by atoms with Gasteiger partial charge in [-0.2, -0.15) is 31.4 Å². The molecule has 0 bridgehead atoms. The largest absolute Gasteiger partial charge is 0.430 e. The van der Waals surface area contributed by atoms with Crippen LogP contribution in [0, 0.1) is 17.5 Å². The second-order valence-corrected chi connectivity index (χ2v) is 13.7. The van der Waals surface area contributed by atoms with Crippen LogP contribution in [-0.2, 0) is 31.5 Å². The second-order valence-electron chi connectivity index (χ2n) is 11.4. The average molecular weight is 720 g/mol. The molecule has 1 saturated carbocycles. The van der Waals surface area contributed by atoms with Gasteiger partial charge in [-0.1, -0.05) is 30.3 Å². The van der Waals surface area contributed by atoms with Crippen LogP contribution in [0.1, 0.15) is 52.7 Å². The monoisotopic (exact) mass is 719 g/mol. The SMILES string of the molecule is O=C(N[C@H]1CC[C@@](c2ccc(C(OCc3c(F)cccc3F)(C(F)(F)F)C(F)(F)F)cc2)(S(=O)(=O)c2ccc(F)cc2)CC1)c1cn[nH]c1. The van der Waals surface area contributed by atoms with Crippen molar-refractivity contribution in [3.05, 3.63) is 119 Å². The maximum absolute atomic E-state index is 14.5. The minimum absolute atomic E-state index is 0.0259. The van der Waals surface area contributed by atoms with Crippen LogP contribution < -0.4 is 5.32 Å². The molecular formula is C32H26F9N3O4S. The zero-order valence-corrected chi connectivity index (χ0v) is 25.8. The standard InChI is InChI=1S/C32H26F9N3O4S/c33-22-8-10-24(11-9-22)49(46,47)29(14-12-23(13-15-29)44-28(45)19-16-42-43-17-19)20-4-6-21(7-5-20)30(31(36,37)38,32(39,40)41)48-18-25-26(34)2-1-3-27(25)35/h1-11,16-17,23H,12-15,18H2,(H,42,43)(H,44,45)/t23-,29+. The highest BCUT2D eigenvalue weighted by Crippen LogP contribution is 2.54. The lowest BCUT2D eigenvalue weighted by Crippen LogP contribution is -2.56. The van der Waals surface area contributed by atoms with Crippen molar-refractivity contribution in [3.8, 4) is 0 Å². The van der Waals surface area contributed by atoms with E-state index in [9.17, 15) is 52.7 Å². The Kier molecular flexibility index (Phi) is 9.64. The Bertz CT molecular complexity index is 1850. The first-order valence-electron chi connectivity index (χ1n) is 14.5. The molecule has 0 spiro atoms. The summed E-state index contributed by atoms with van der Waals surface area (Å²) in [6.45, 7) is -1.76. The Morgan fingerprint density at radius 3 is 1.96 bits per heavy atom. The molecule has 1 aliphatic rings. The van der Waals surface area contributed by atoms with Gasteiger partial charge in [-0.3, -0.25) is 9.89 Å². The first kappa shape index (κ1) is 35.9. The molecular weight excluding hydrogens is 693 g/mol. The number of halogens is 9. The third kappa shape index (κ3) is 6.52. The molecule has 1 aliphatic carbocycles. The van der Waals surface area contributed by atoms with E-state index in [1.54, 1.807) is 0 Å². The fraction of sp³-hybridized carbons (Fsp3) is 0.312. The molecule has 1 fully saturated rings. The number of ether oxygens (including phenoxy) is 1. The Balaban J connectivity index is 1.55. The van der Waals surface area contributed by atoms with Crippen molar-refractivity contribution >= 4 is 15.7 Å². The highest BCUT2D eigenvalue weighted by molar-refractivity contribution is 7.92. The van der Waals surface area contributed by atoms with Gasteiger partial charge < -0.3 is 10.1 Å². The number of amides is 1. The Labute approximate surface area is 273 Å². The molecule has 1 aromatic heterocycles. The van der Waals surface area contributed by atoms with E-state index >= 15 is 0 Å². The van der Waals surface area contributed by atoms with Gasteiger partial charge >= 0.3 is 12.4 Å². The highest BCUT2D eigenvalue weighted by Gasteiger charge is 2.73. The number of nitrogens with zero attached hydrogens (tertiary/aromatic N) is 1. The molecule has 0 radical (unpaired) electrons. The summed E-state index contributed by atoms with van der Waals surface area (Å²) in [6, 6.07) is 7.72. The predicted octanol–water partition coefficient (Wildman–Crippen LogP) is 7.41. The van der Waals surface area contributed by atoms with Crippen LogP contribution in [0.25, 0.3) is 0 Å². The number of rotatable bonds is 9. The van der Waals surface area contributed by atoms with Crippen molar-refractivity contribution in [1.82, 2.24) is 15.5 Å². The van der Waals surface area contributed by atoms with Crippen LogP contribution in [-0.4, -0.2) is 42.9 Å². The lowest BCUT2D eigenvalue weighted by molar-refractivity contribution is -0.392. The highest BCUT2D eigenvalue weighted by atomic mass is 32.2. The van der Waals surface area contributed by atoms with Crippen molar-refractivity contribution in [1.29, 1.82) is 0 Å². The third-order valence-electron chi connectivity index (χ3n) is 8.64. The number of sulfone groups is 1. The van der Waals surface area contributed by atoms with Gasteiger partial charge in [-0.25, -0.2) is 21.6 Å². The van der Waals surface area contributed by atoms with Gasteiger partial charge in [-0.05, 0) is 67.6 Å². The number of benzene rings is 3. The van der Waals surface area contributed by atoms with Gasteiger partial charge in [0, 0.05) is 23.4 Å². The maximum atomic E-state index is 14.5. The fourth-order valence-corrected chi connectivity index (χ4v) is 8.18. The summed E-state index contributed by atoms with van der Waals surface area (Å²) in [4.78, 5) is 12.2. The number of hydrogen-bond donors (Lipinski definition) is 2. The number of alkyl halides is 6.